The summed E-state index contributed by atoms with van der Waals surface area (Å²) in [7, 11) is 0. The van der Waals surface area contributed by atoms with Crippen LogP contribution in [-0.4, -0.2) is 52.4 Å². The fourth-order valence-electron chi connectivity index (χ4n) is 4.18. The van der Waals surface area contributed by atoms with Gasteiger partial charge in [-0.15, -0.1) is 0 Å². The monoisotopic (exact) mass is 389 g/mol. The number of nitrogens with zero attached hydrogens (tertiary/aromatic N) is 2. The van der Waals surface area contributed by atoms with Gasteiger partial charge in [0.1, 0.15) is 0 Å². The predicted molar refractivity (Wildman–Crippen MR) is 107 cm³/mol. The van der Waals surface area contributed by atoms with Gasteiger partial charge in [-0.05, 0) is 26.2 Å². The van der Waals surface area contributed by atoms with Crippen LogP contribution in [0.15, 0.2) is 10.9 Å². The molecule has 0 aromatic carbocycles. The Morgan fingerprint density at radius 2 is 1.93 bits per heavy atom. The molecule has 154 valence electrons. The molecule has 1 aromatic heterocycles. The zero-order valence-corrected chi connectivity index (χ0v) is 16.6. The van der Waals surface area contributed by atoms with Crippen molar-refractivity contribution in [3.8, 4) is 0 Å². The van der Waals surface area contributed by atoms with Crippen molar-refractivity contribution in [3.63, 3.8) is 0 Å². The maximum Gasteiger partial charge on any atom is 0.252 e. The standard InChI is InChI=1S/C20H31N5O3/c1-14-12-17(26)24-20(23-14)22-11-10-21-19(28)15-8-9-18(27)25(13-15)16-6-4-2-3-5-7-16/h12,15-16H,2-11,13H2,1H3,(H,21,28)(H2,22,23,24,26). The van der Waals surface area contributed by atoms with Gasteiger partial charge in [0.25, 0.3) is 5.56 Å². The number of aromatic nitrogens is 2. The summed E-state index contributed by atoms with van der Waals surface area (Å²) in [5, 5.41) is 5.96. The van der Waals surface area contributed by atoms with E-state index in [-0.39, 0.29) is 23.3 Å². The second-order valence-electron chi connectivity index (χ2n) is 7.88. The van der Waals surface area contributed by atoms with Crippen molar-refractivity contribution in [1.29, 1.82) is 0 Å². The number of hydrogen-bond acceptors (Lipinski definition) is 5. The Hall–Kier alpha value is -2.38. The Morgan fingerprint density at radius 1 is 1.18 bits per heavy atom. The minimum Gasteiger partial charge on any atom is -0.354 e. The van der Waals surface area contributed by atoms with E-state index < -0.39 is 0 Å². The Kier molecular flexibility index (Phi) is 7.06. The summed E-state index contributed by atoms with van der Waals surface area (Å²) in [5.74, 6) is 0.464. The van der Waals surface area contributed by atoms with Gasteiger partial charge >= 0.3 is 0 Å². The van der Waals surface area contributed by atoms with E-state index in [0.29, 0.717) is 50.2 Å². The van der Waals surface area contributed by atoms with Crippen molar-refractivity contribution in [3.05, 3.63) is 22.1 Å². The van der Waals surface area contributed by atoms with Crippen LogP contribution in [0.1, 0.15) is 57.1 Å². The summed E-state index contributed by atoms with van der Waals surface area (Å²) >= 11 is 0. The highest BCUT2D eigenvalue weighted by Crippen LogP contribution is 2.27. The molecule has 1 aromatic rings. The van der Waals surface area contributed by atoms with Crippen LogP contribution in [0.25, 0.3) is 0 Å². The molecule has 1 unspecified atom stereocenters. The third-order valence-corrected chi connectivity index (χ3v) is 5.67. The van der Waals surface area contributed by atoms with Crippen molar-refractivity contribution >= 4 is 17.8 Å². The van der Waals surface area contributed by atoms with E-state index in [4.69, 9.17) is 0 Å². The highest BCUT2D eigenvalue weighted by Gasteiger charge is 2.34. The van der Waals surface area contributed by atoms with E-state index in [1.54, 1.807) is 6.92 Å². The smallest absolute Gasteiger partial charge is 0.252 e. The number of hydrogen-bond donors (Lipinski definition) is 3. The molecule has 2 amide bonds. The average molecular weight is 390 g/mol. The van der Waals surface area contributed by atoms with Crippen molar-refractivity contribution in [2.24, 2.45) is 5.92 Å². The van der Waals surface area contributed by atoms with Crippen LogP contribution in [0.3, 0.4) is 0 Å². The highest BCUT2D eigenvalue weighted by atomic mass is 16.2. The zero-order valence-electron chi connectivity index (χ0n) is 16.6. The van der Waals surface area contributed by atoms with E-state index in [0.717, 1.165) is 12.8 Å². The van der Waals surface area contributed by atoms with Gasteiger partial charge < -0.3 is 15.5 Å². The van der Waals surface area contributed by atoms with Gasteiger partial charge in [-0.2, -0.15) is 0 Å². The summed E-state index contributed by atoms with van der Waals surface area (Å²) < 4.78 is 0. The van der Waals surface area contributed by atoms with Crippen molar-refractivity contribution in [1.82, 2.24) is 20.2 Å². The lowest BCUT2D eigenvalue weighted by atomic mass is 9.93. The molecule has 28 heavy (non-hydrogen) atoms. The zero-order chi connectivity index (χ0) is 19.9. The van der Waals surface area contributed by atoms with Crippen LogP contribution in [0.4, 0.5) is 5.95 Å². The number of H-pyrrole nitrogens is 1. The number of carbonyl (C=O) groups excluding carboxylic acids is 2. The predicted octanol–water partition coefficient (Wildman–Crippen LogP) is 1.57. The summed E-state index contributed by atoms with van der Waals surface area (Å²) in [5.41, 5.74) is 0.435. The van der Waals surface area contributed by atoms with Crippen LogP contribution in [0.2, 0.25) is 0 Å². The Balaban J connectivity index is 1.45. The maximum atomic E-state index is 12.6. The molecule has 2 fully saturated rings. The van der Waals surface area contributed by atoms with E-state index in [1.807, 2.05) is 4.90 Å². The lowest BCUT2D eigenvalue weighted by Crippen LogP contribution is -2.50. The van der Waals surface area contributed by atoms with Crippen LogP contribution in [0.5, 0.6) is 0 Å². The maximum absolute atomic E-state index is 12.6. The van der Waals surface area contributed by atoms with Crippen molar-refractivity contribution < 1.29 is 9.59 Å². The number of aromatic amines is 1. The van der Waals surface area contributed by atoms with Gasteiger partial charge in [0.2, 0.25) is 17.8 Å². The first-order chi connectivity index (χ1) is 13.5. The van der Waals surface area contributed by atoms with E-state index in [2.05, 4.69) is 20.6 Å². The largest absolute Gasteiger partial charge is 0.354 e. The molecule has 3 rings (SSSR count). The number of piperidine rings is 1. The van der Waals surface area contributed by atoms with Crippen LogP contribution >= 0.6 is 0 Å². The first-order valence-corrected chi connectivity index (χ1v) is 10.4. The molecule has 8 heteroatoms. The molecule has 1 atom stereocenters. The first-order valence-electron chi connectivity index (χ1n) is 10.4. The quantitative estimate of drug-likeness (QED) is 0.506. The second kappa shape index (κ2) is 9.71. The molecule has 1 saturated carbocycles. The lowest BCUT2D eigenvalue weighted by molar-refractivity contribution is -0.141. The molecular formula is C20H31N5O3. The molecule has 1 aliphatic carbocycles. The fraction of sp³-hybridized carbons (Fsp3) is 0.700. The molecule has 0 radical (unpaired) electrons. The third-order valence-electron chi connectivity index (χ3n) is 5.67. The third kappa shape index (κ3) is 5.56. The average Bonchev–Trinajstić information content (AvgIpc) is 2.94. The summed E-state index contributed by atoms with van der Waals surface area (Å²) in [4.78, 5) is 45.2. The van der Waals surface area contributed by atoms with Crippen LogP contribution < -0.4 is 16.2 Å². The Bertz CT molecular complexity index is 740. The first kappa shape index (κ1) is 20.4. The van der Waals surface area contributed by atoms with E-state index in [9.17, 15) is 14.4 Å². The second-order valence-corrected chi connectivity index (χ2v) is 7.88. The molecule has 2 aliphatic rings. The van der Waals surface area contributed by atoms with Crippen molar-refractivity contribution in [2.45, 2.75) is 64.3 Å². The molecule has 1 aliphatic heterocycles. The number of likely N-dealkylation sites (tertiary alicyclic amines) is 1. The van der Waals surface area contributed by atoms with Gasteiger partial charge in [0.15, 0.2) is 0 Å². The number of amides is 2. The summed E-state index contributed by atoms with van der Waals surface area (Å²) in [6, 6.07) is 1.73. The fourth-order valence-corrected chi connectivity index (χ4v) is 4.18. The number of carbonyl (C=O) groups is 2. The topological polar surface area (TPSA) is 107 Å². The van der Waals surface area contributed by atoms with Gasteiger partial charge in [-0.1, -0.05) is 25.7 Å². The molecule has 3 N–H and O–H groups in total. The highest BCUT2D eigenvalue weighted by molar-refractivity contribution is 5.84. The van der Waals surface area contributed by atoms with Crippen molar-refractivity contribution in [2.75, 3.05) is 25.0 Å². The van der Waals surface area contributed by atoms with Crippen LogP contribution in [0, 0.1) is 12.8 Å². The SMILES string of the molecule is Cc1cc(=O)[nH]c(NCCNC(=O)C2CCC(=O)N(C3CCCCCC3)C2)n1. The normalized spacial score (nSPS) is 21.2. The molecule has 8 nitrogen and oxygen atoms in total. The van der Waals surface area contributed by atoms with E-state index >= 15 is 0 Å². The van der Waals surface area contributed by atoms with Gasteiger partial charge in [-0.3, -0.25) is 19.4 Å². The number of anilines is 1. The molecule has 0 bridgehead atoms. The van der Waals surface area contributed by atoms with E-state index in [1.165, 1.54) is 31.7 Å². The minimum atomic E-state index is -0.204. The Labute approximate surface area is 165 Å². The Morgan fingerprint density at radius 3 is 2.64 bits per heavy atom. The molecule has 1 saturated heterocycles. The molecule has 2 heterocycles. The lowest BCUT2D eigenvalue weighted by Gasteiger charge is -2.37. The number of rotatable bonds is 6. The minimum absolute atomic E-state index is 0.00128. The summed E-state index contributed by atoms with van der Waals surface area (Å²) in [6.45, 7) is 3.20. The van der Waals surface area contributed by atoms with Crippen LogP contribution in [-0.2, 0) is 9.59 Å². The molecule has 0 spiro atoms. The van der Waals surface area contributed by atoms with Gasteiger partial charge in [0, 0.05) is 43.9 Å². The van der Waals surface area contributed by atoms with Gasteiger partial charge in [-0.25, -0.2) is 4.98 Å². The molecular weight excluding hydrogens is 358 g/mol. The number of aryl methyl sites for hydroxylation is 1. The summed E-state index contributed by atoms with van der Waals surface area (Å²) in [6.07, 6.45) is 8.04. The number of nitrogens with one attached hydrogen (secondary N) is 3. The van der Waals surface area contributed by atoms with Gasteiger partial charge in [0.05, 0.1) is 5.92 Å².